The van der Waals surface area contributed by atoms with Gasteiger partial charge in [0.2, 0.25) is 0 Å². The van der Waals surface area contributed by atoms with E-state index in [9.17, 15) is 8.78 Å². The summed E-state index contributed by atoms with van der Waals surface area (Å²) < 4.78 is 38.2. The van der Waals surface area contributed by atoms with Crippen LogP contribution in [0.25, 0.3) is 0 Å². The fourth-order valence-electron chi connectivity index (χ4n) is 2.63. The normalized spacial score (nSPS) is 16.7. The Morgan fingerprint density at radius 2 is 2.11 bits per heavy atom. The van der Waals surface area contributed by atoms with Crippen LogP contribution in [0.2, 0.25) is 0 Å². The van der Waals surface area contributed by atoms with Crippen LogP contribution in [0.1, 0.15) is 17.5 Å². The van der Waals surface area contributed by atoms with Crippen molar-refractivity contribution in [1.82, 2.24) is 0 Å². The van der Waals surface area contributed by atoms with Crippen molar-refractivity contribution in [3.05, 3.63) is 59.2 Å². The second-order valence-electron chi connectivity index (χ2n) is 6.17. The van der Waals surface area contributed by atoms with Crippen LogP contribution in [0.4, 0.5) is 14.5 Å². The molecular formula is C19H22F2IN3O2. The average molecular weight is 489 g/mol. The molecule has 146 valence electrons. The van der Waals surface area contributed by atoms with Gasteiger partial charge < -0.3 is 20.5 Å². The van der Waals surface area contributed by atoms with Crippen molar-refractivity contribution in [1.29, 1.82) is 0 Å². The first-order valence-electron chi connectivity index (χ1n) is 8.37. The lowest BCUT2D eigenvalue weighted by molar-refractivity contribution is 0.140. The van der Waals surface area contributed by atoms with Gasteiger partial charge in [-0.15, -0.1) is 24.0 Å². The number of benzene rings is 2. The predicted octanol–water partition coefficient (Wildman–Crippen LogP) is 3.99. The van der Waals surface area contributed by atoms with Crippen molar-refractivity contribution in [2.24, 2.45) is 10.7 Å². The number of rotatable bonds is 5. The molecule has 8 heteroatoms. The van der Waals surface area contributed by atoms with E-state index in [0.29, 0.717) is 13.2 Å². The number of aryl methyl sites for hydroxylation is 1. The van der Waals surface area contributed by atoms with E-state index in [4.69, 9.17) is 15.2 Å². The van der Waals surface area contributed by atoms with Gasteiger partial charge in [0.1, 0.15) is 23.5 Å². The number of aliphatic imine (C=N–C) groups is 1. The molecule has 0 amide bonds. The average Bonchev–Trinajstić information content (AvgIpc) is 3.10. The molecule has 0 aromatic heterocycles. The highest BCUT2D eigenvalue weighted by molar-refractivity contribution is 14.0. The predicted molar refractivity (Wildman–Crippen MR) is 112 cm³/mol. The quantitative estimate of drug-likeness (QED) is 0.379. The first-order chi connectivity index (χ1) is 12.5. The second-order valence-corrected chi connectivity index (χ2v) is 6.17. The van der Waals surface area contributed by atoms with Crippen LogP contribution in [0.3, 0.4) is 0 Å². The molecule has 0 spiro atoms. The van der Waals surface area contributed by atoms with E-state index >= 15 is 0 Å². The molecule has 0 bridgehead atoms. The fourth-order valence-corrected chi connectivity index (χ4v) is 2.63. The van der Waals surface area contributed by atoms with Crippen LogP contribution >= 0.6 is 24.0 Å². The molecule has 2 aromatic carbocycles. The lowest BCUT2D eigenvalue weighted by atomic mass is 10.1. The van der Waals surface area contributed by atoms with E-state index < -0.39 is 11.6 Å². The molecule has 1 unspecified atom stereocenters. The van der Waals surface area contributed by atoms with E-state index in [2.05, 4.69) is 10.3 Å². The standard InChI is InChI=1S/C19H21F2N3O2.HI/c1-12-2-3-13(18(8-12)26-15-6-7-25-11-15)10-23-19(22)24-17-9-14(20)4-5-16(17)21;/h2-5,8-9,15H,6-7,10-11H2,1H3,(H3,22,23,24);1H. The third-order valence-corrected chi connectivity index (χ3v) is 4.02. The number of ether oxygens (including phenoxy) is 2. The summed E-state index contributed by atoms with van der Waals surface area (Å²) in [6.45, 7) is 3.49. The van der Waals surface area contributed by atoms with Gasteiger partial charge in [-0.2, -0.15) is 0 Å². The molecule has 1 saturated heterocycles. The summed E-state index contributed by atoms with van der Waals surface area (Å²) in [7, 11) is 0. The van der Waals surface area contributed by atoms with Crippen molar-refractivity contribution in [3.8, 4) is 5.75 Å². The minimum absolute atomic E-state index is 0. The summed E-state index contributed by atoms with van der Waals surface area (Å²) in [5, 5.41) is 2.58. The highest BCUT2D eigenvalue weighted by Crippen LogP contribution is 2.24. The van der Waals surface area contributed by atoms with Crippen LogP contribution in [-0.2, 0) is 11.3 Å². The molecule has 0 aliphatic carbocycles. The van der Waals surface area contributed by atoms with Crippen molar-refractivity contribution in [3.63, 3.8) is 0 Å². The van der Waals surface area contributed by atoms with Gasteiger partial charge in [0, 0.05) is 18.1 Å². The molecule has 1 aliphatic heterocycles. The SMILES string of the molecule is Cc1ccc(CN=C(N)Nc2cc(F)ccc2F)c(OC2CCOC2)c1.I. The van der Waals surface area contributed by atoms with E-state index in [1.54, 1.807) is 0 Å². The molecule has 1 heterocycles. The molecule has 2 aromatic rings. The van der Waals surface area contributed by atoms with Crippen molar-refractivity contribution in [2.75, 3.05) is 18.5 Å². The van der Waals surface area contributed by atoms with Gasteiger partial charge in [-0.25, -0.2) is 13.8 Å². The zero-order chi connectivity index (χ0) is 18.5. The number of hydrogen-bond donors (Lipinski definition) is 2. The Bertz CT molecular complexity index is 812. The Balaban J connectivity index is 0.00000261. The Morgan fingerprint density at radius 1 is 1.30 bits per heavy atom. The minimum Gasteiger partial charge on any atom is -0.488 e. The van der Waals surface area contributed by atoms with E-state index in [0.717, 1.165) is 41.5 Å². The summed E-state index contributed by atoms with van der Waals surface area (Å²) >= 11 is 0. The van der Waals surface area contributed by atoms with Crippen LogP contribution in [-0.4, -0.2) is 25.3 Å². The number of nitrogens with zero attached hydrogens (tertiary/aromatic N) is 1. The molecule has 1 aliphatic rings. The minimum atomic E-state index is -0.606. The second kappa shape index (κ2) is 9.84. The van der Waals surface area contributed by atoms with Gasteiger partial charge in [0.05, 0.1) is 25.4 Å². The number of guanidine groups is 1. The molecular weight excluding hydrogens is 467 g/mol. The van der Waals surface area contributed by atoms with Crippen LogP contribution in [0.15, 0.2) is 41.4 Å². The lowest BCUT2D eigenvalue weighted by Crippen LogP contribution is -2.23. The Hall–Kier alpha value is -1.94. The highest BCUT2D eigenvalue weighted by Gasteiger charge is 2.18. The lowest BCUT2D eigenvalue weighted by Gasteiger charge is -2.16. The molecule has 27 heavy (non-hydrogen) atoms. The van der Waals surface area contributed by atoms with Crippen molar-refractivity contribution in [2.45, 2.75) is 26.0 Å². The van der Waals surface area contributed by atoms with Crippen molar-refractivity contribution < 1.29 is 18.3 Å². The molecule has 0 radical (unpaired) electrons. The Labute approximate surface area is 174 Å². The third-order valence-electron chi connectivity index (χ3n) is 4.02. The maximum atomic E-state index is 13.7. The molecule has 0 saturated carbocycles. The fraction of sp³-hybridized carbons (Fsp3) is 0.316. The summed E-state index contributed by atoms with van der Waals surface area (Å²) in [4.78, 5) is 4.21. The van der Waals surface area contributed by atoms with Crippen LogP contribution < -0.4 is 15.8 Å². The molecule has 1 fully saturated rings. The summed E-state index contributed by atoms with van der Waals surface area (Å²) in [5.41, 5.74) is 7.67. The maximum absolute atomic E-state index is 13.7. The zero-order valence-corrected chi connectivity index (χ0v) is 17.2. The highest BCUT2D eigenvalue weighted by atomic mass is 127. The number of halogens is 3. The summed E-state index contributed by atoms with van der Waals surface area (Å²) in [5.74, 6) is -0.445. The third kappa shape index (κ3) is 6.03. The van der Waals surface area contributed by atoms with Gasteiger partial charge in [-0.05, 0) is 30.7 Å². The monoisotopic (exact) mass is 489 g/mol. The first kappa shape index (κ1) is 21.4. The van der Waals surface area contributed by atoms with Gasteiger partial charge in [-0.3, -0.25) is 0 Å². The van der Waals surface area contributed by atoms with Crippen molar-refractivity contribution >= 4 is 35.6 Å². The number of anilines is 1. The molecule has 3 rings (SSSR count). The largest absolute Gasteiger partial charge is 0.488 e. The maximum Gasteiger partial charge on any atom is 0.193 e. The van der Waals surface area contributed by atoms with E-state index in [-0.39, 0.29) is 48.3 Å². The van der Waals surface area contributed by atoms with Crippen LogP contribution in [0, 0.1) is 18.6 Å². The molecule has 5 nitrogen and oxygen atoms in total. The van der Waals surface area contributed by atoms with Crippen LogP contribution in [0.5, 0.6) is 5.75 Å². The number of nitrogens with two attached hydrogens (primary N) is 1. The van der Waals surface area contributed by atoms with E-state index in [1.165, 1.54) is 0 Å². The van der Waals surface area contributed by atoms with Gasteiger partial charge in [0.15, 0.2) is 5.96 Å². The Morgan fingerprint density at radius 3 is 2.85 bits per heavy atom. The summed E-state index contributed by atoms with van der Waals surface area (Å²) in [6.07, 6.45) is 0.871. The molecule has 1 atom stereocenters. The smallest absolute Gasteiger partial charge is 0.193 e. The summed E-state index contributed by atoms with van der Waals surface area (Å²) in [6, 6.07) is 8.91. The zero-order valence-electron chi connectivity index (χ0n) is 14.9. The number of hydrogen-bond acceptors (Lipinski definition) is 3. The van der Waals surface area contributed by atoms with E-state index in [1.807, 2.05) is 25.1 Å². The Kier molecular flexibility index (Phi) is 7.78. The molecule has 3 N–H and O–H groups in total. The first-order valence-corrected chi connectivity index (χ1v) is 8.37. The number of nitrogens with one attached hydrogen (secondary N) is 1. The van der Waals surface area contributed by atoms with Gasteiger partial charge >= 0.3 is 0 Å². The van der Waals surface area contributed by atoms with Gasteiger partial charge in [-0.1, -0.05) is 12.1 Å². The topological polar surface area (TPSA) is 68.9 Å². The van der Waals surface area contributed by atoms with Gasteiger partial charge in [0.25, 0.3) is 0 Å².